The molecular formula is C10H20O3. The molecule has 3 nitrogen and oxygen atoms in total. The van der Waals surface area contributed by atoms with Gasteiger partial charge in [-0.2, -0.15) is 0 Å². The van der Waals surface area contributed by atoms with Crippen molar-refractivity contribution in [3.05, 3.63) is 0 Å². The summed E-state index contributed by atoms with van der Waals surface area (Å²) in [5, 5.41) is 0. The summed E-state index contributed by atoms with van der Waals surface area (Å²) in [7, 11) is 1.37. The summed E-state index contributed by atoms with van der Waals surface area (Å²) >= 11 is 0. The van der Waals surface area contributed by atoms with Crippen LogP contribution in [0.25, 0.3) is 0 Å². The first-order valence-electron chi connectivity index (χ1n) is 4.56. The second kappa shape index (κ2) is 5.22. The number of esters is 1. The second-order valence-electron chi connectivity index (χ2n) is 4.35. The van der Waals surface area contributed by atoms with Crippen molar-refractivity contribution in [2.24, 2.45) is 5.41 Å². The SMILES string of the molecule is COC(=O)[C@H](C)OCCC(C)(C)C. The van der Waals surface area contributed by atoms with Gasteiger partial charge < -0.3 is 9.47 Å². The molecule has 0 radical (unpaired) electrons. The molecule has 0 aromatic heterocycles. The van der Waals surface area contributed by atoms with Crippen molar-refractivity contribution in [2.45, 2.75) is 40.2 Å². The topological polar surface area (TPSA) is 35.5 Å². The fourth-order valence-electron chi connectivity index (χ4n) is 0.776. The molecular weight excluding hydrogens is 168 g/mol. The van der Waals surface area contributed by atoms with E-state index in [0.29, 0.717) is 6.61 Å². The standard InChI is InChI=1S/C10H20O3/c1-8(9(11)12-5)13-7-6-10(2,3)4/h8H,6-7H2,1-5H3/t8-/m0/s1. The van der Waals surface area contributed by atoms with Crippen molar-refractivity contribution in [3.63, 3.8) is 0 Å². The van der Waals surface area contributed by atoms with Crippen molar-refractivity contribution in [1.82, 2.24) is 0 Å². The second-order valence-corrected chi connectivity index (χ2v) is 4.35. The first kappa shape index (κ1) is 12.4. The van der Waals surface area contributed by atoms with Crippen molar-refractivity contribution in [1.29, 1.82) is 0 Å². The summed E-state index contributed by atoms with van der Waals surface area (Å²) in [5.74, 6) is -0.311. The first-order valence-corrected chi connectivity index (χ1v) is 4.56. The van der Waals surface area contributed by atoms with E-state index in [4.69, 9.17) is 4.74 Å². The van der Waals surface area contributed by atoms with E-state index in [0.717, 1.165) is 6.42 Å². The fourth-order valence-corrected chi connectivity index (χ4v) is 0.776. The van der Waals surface area contributed by atoms with Crippen LogP contribution in [0.15, 0.2) is 0 Å². The van der Waals surface area contributed by atoms with Gasteiger partial charge in [0.2, 0.25) is 0 Å². The van der Waals surface area contributed by atoms with Crippen molar-refractivity contribution in [3.8, 4) is 0 Å². The van der Waals surface area contributed by atoms with Gasteiger partial charge in [-0.05, 0) is 18.8 Å². The summed E-state index contributed by atoms with van der Waals surface area (Å²) in [6.45, 7) is 8.71. The largest absolute Gasteiger partial charge is 0.467 e. The number of hydrogen-bond acceptors (Lipinski definition) is 3. The minimum atomic E-state index is -0.452. The first-order chi connectivity index (χ1) is 5.87. The Hall–Kier alpha value is -0.570. The van der Waals surface area contributed by atoms with Crippen LogP contribution in [0, 0.1) is 5.41 Å². The van der Waals surface area contributed by atoms with E-state index in [2.05, 4.69) is 25.5 Å². The molecule has 0 heterocycles. The lowest BCUT2D eigenvalue weighted by Crippen LogP contribution is -2.23. The van der Waals surface area contributed by atoms with Gasteiger partial charge in [-0.15, -0.1) is 0 Å². The lowest BCUT2D eigenvalue weighted by atomic mass is 9.93. The summed E-state index contributed by atoms with van der Waals surface area (Å²) in [5.41, 5.74) is 0.246. The monoisotopic (exact) mass is 188 g/mol. The molecule has 0 aromatic rings. The quantitative estimate of drug-likeness (QED) is 0.633. The maximum Gasteiger partial charge on any atom is 0.334 e. The number of carbonyl (C=O) groups is 1. The van der Waals surface area contributed by atoms with Crippen molar-refractivity contribution >= 4 is 5.97 Å². The third-order valence-corrected chi connectivity index (χ3v) is 1.75. The van der Waals surface area contributed by atoms with Gasteiger partial charge in [0, 0.05) is 6.61 Å². The molecule has 13 heavy (non-hydrogen) atoms. The van der Waals surface area contributed by atoms with E-state index >= 15 is 0 Å². The van der Waals surface area contributed by atoms with Crippen LogP contribution in [0.4, 0.5) is 0 Å². The number of hydrogen-bond donors (Lipinski definition) is 0. The molecule has 0 rings (SSSR count). The smallest absolute Gasteiger partial charge is 0.334 e. The van der Waals surface area contributed by atoms with Gasteiger partial charge in [0.1, 0.15) is 0 Å². The van der Waals surface area contributed by atoms with Gasteiger partial charge in [-0.1, -0.05) is 20.8 Å². The predicted octanol–water partition coefficient (Wildman–Crippen LogP) is 2.00. The molecule has 0 bridgehead atoms. The minimum absolute atomic E-state index is 0.246. The Morgan fingerprint density at radius 1 is 1.38 bits per heavy atom. The Balaban J connectivity index is 3.59. The lowest BCUT2D eigenvalue weighted by Gasteiger charge is -2.19. The zero-order chi connectivity index (χ0) is 10.5. The summed E-state index contributed by atoms with van der Waals surface area (Å²) in [6.07, 6.45) is 0.487. The lowest BCUT2D eigenvalue weighted by molar-refractivity contribution is -0.153. The third-order valence-electron chi connectivity index (χ3n) is 1.75. The molecule has 0 aliphatic rings. The Kier molecular flexibility index (Phi) is 4.99. The Labute approximate surface area is 80.4 Å². The molecule has 0 unspecified atom stereocenters. The summed E-state index contributed by atoms with van der Waals surface area (Å²) in [6, 6.07) is 0. The maximum absolute atomic E-state index is 10.9. The molecule has 0 N–H and O–H groups in total. The highest BCUT2D eigenvalue weighted by atomic mass is 16.6. The van der Waals surface area contributed by atoms with Gasteiger partial charge in [0.25, 0.3) is 0 Å². The highest BCUT2D eigenvalue weighted by molar-refractivity contribution is 5.73. The zero-order valence-electron chi connectivity index (χ0n) is 9.22. The molecule has 0 aliphatic carbocycles. The van der Waals surface area contributed by atoms with Crippen LogP contribution in [0.5, 0.6) is 0 Å². The van der Waals surface area contributed by atoms with E-state index in [1.54, 1.807) is 6.92 Å². The molecule has 0 saturated carbocycles. The molecule has 0 aliphatic heterocycles. The van der Waals surface area contributed by atoms with E-state index in [-0.39, 0.29) is 11.4 Å². The van der Waals surface area contributed by atoms with Crippen LogP contribution in [0.1, 0.15) is 34.1 Å². The van der Waals surface area contributed by atoms with Gasteiger partial charge in [-0.3, -0.25) is 0 Å². The predicted molar refractivity (Wildman–Crippen MR) is 51.5 cm³/mol. The highest BCUT2D eigenvalue weighted by Gasteiger charge is 2.15. The zero-order valence-corrected chi connectivity index (χ0v) is 9.22. The number of carbonyl (C=O) groups excluding carboxylic acids is 1. The normalized spacial score (nSPS) is 13.9. The molecule has 0 fully saturated rings. The molecule has 0 aromatic carbocycles. The van der Waals surface area contributed by atoms with Crippen LogP contribution in [-0.4, -0.2) is 25.8 Å². The molecule has 0 spiro atoms. The Morgan fingerprint density at radius 2 is 1.92 bits per heavy atom. The van der Waals surface area contributed by atoms with Gasteiger partial charge in [0.15, 0.2) is 6.10 Å². The highest BCUT2D eigenvalue weighted by Crippen LogP contribution is 2.18. The Morgan fingerprint density at radius 3 is 2.31 bits per heavy atom. The maximum atomic E-state index is 10.9. The molecule has 0 amide bonds. The average Bonchev–Trinajstić information content (AvgIpc) is 2.00. The fraction of sp³-hybridized carbons (Fsp3) is 0.900. The molecule has 3 heteroatoms. The van der Waals surface area contributed by atoms with E-state index < -0.39 is 6.10 Å². The summed E-state index contributed by atoms with van der Waals surface area (Å²) < 4.78 is 9.83. The van der Waals surface area contributed by atoms with E-state index in [9.17, 15) is 4.79 Å². The van der Waals surface area contributed by atoms with Crippen molar-refractivity contribution < 1.29 is 14.3 Å². The van der Waals surface area contributed by atoms with Crippen LogP contribution in [0.2, 0.25) is 0 Å². The van der Waals surface area contributed by atoms with E-state index in [1.807, 2.05) is 0 Å². The van der Waals surface area contributed by atoms with Crippen LogP contribution in [-0.2, 0) is 14.3 Å². The average molecular weight is 188 g/mol. The summed E-state index contributed by atoms with van der Waals surface area (Å²) in [4.78, 5) is 10.9. The molecule has 78 valence electrons. The minimum Gasteiger partial charge on any atom is -0.467 e. The van der Waals surface area contributed by atoms with Crippen LogP contribution >= 0.6 is 0 Å². The van der Waals surface area contributed by atoms with Crippen LogP contribution in [0.3, 0.4) is 0 Å². The number of ether oxygens (including phenoxy) is 2. The molecule has 1 atom stereocenters. The third kappa shape index (κ3) is 6.58. The molecule has 0 saturated heterocycles. The van der Waals surface area contributed by atoms with Crippen molar-refractivity contribution in [2.75, 3.05) is 13.7 Å². The number of rotatable bonds is 4. The van der Waals surface area contributed by atoms with E-state index in [1.165, 1.54) is 7.11 Å². The van der Waals surface area contributed by atoms with Crippen LogP contribution < -0.4 is 0 Å². The number of methoxy groups -OCH3 is 1. The van der Waals surface area contributed by atoms with Gasteiger partial charge in [-0.25, -0.2) is 4.79 Å². The van der Waals surface area contributed by atoms with Gasteiger partial charge in [0.05, 0.1) is 7.11 Å². The Bertz CT molecular complexity index is 158. The van der Waals surface area contributed by atoms with Gasteiger partial charge >= 0.3 is 5.97 Å².